The van der Waals surface area contributed by atoms with Crippen molar-refractivity contribution in [1.82, 2.24) is 9.80 Å². The normalized spacial score (nSPS) is 15.9. The number of ether oxygens (including phenoxy) is 2. The Labute approximate surface area is 210 Å². The van der Waals surface area contributed by atoms with Crippen LogP contribution in [0, 0.1) is 0 Å². The van der Waals surface area contributed by atoms with Crippen LogP contribution < -0.4 is 9.47 Å². The van der Waals surface area contributed by atoms with E-state index in [1.54, 1.807) is 37.4 Å². The van der Waals surface area contributed by atoms with Crippen LogP contribution in [-0.4, -0.2) is 67.5 Å². The van der Waals surface area contributed by atoms with Crippen molar-refractivity contribution in [3.8, 4) is 11.5 Å². The van der Waals surface area contributed by atoms with E-state index in [2.05, 4.69) is 6.92 Å². The van der Waals surface area contributed by atoms with Gasteiger partial charge in [0.15, 0.2) is 23.0 Å². The Bertz CT molecular complexity index is 1260. The van der Waals surface area contributed by atoms with Crippen LogP contribution in [-0.2, 0) is 4.79 Å². The molecule has 0 saturated carbocycles. The number of hydrogen-bond donors (Lipinski definition) is 1. The highest BCUT2D eigenvalue weighted by Crippen LogP contribution is 2.42. The second-order valence-corrected chi connectivity index (χ2v) is 9.06. The zero-order valence-electron chi connectivity index (χ0n) is 21.1. The molecule has 4 rings (SSSR count). The van der Waals surface area contributed by atoms with Crippen molar-refractivity contribution in [2.75, 3.05) is 40.9 Å². The molecule has 0 aliphatic carbocycles. The fourth-order valence-electron chi connectivity index (χ4n) is 4.30. The van der Waals surface area contributed by atoms with Gasteiger partial charge in [-0.15, -0.1) is 0 Å². The lowest BCUT2D eigenvalue weighted by Gasteiger charge is -2.28. The summed E-state index contributed by atoms with van der Waals surface area (Å²) in [6.45, 7) is 3.51. The minimum atomic E-state index is -0.809. The number of benzene rings is 2. The Morgan fingerprint density at radius 2 is 1.92 bits per heavy atom. The van der Waals surface area contributed by atoms with Gasteiger partial charge < -0.3 is 28.8 Å². The fraction of sp³-hybridized carbons (Fsp3) is 0.357. The van der Waals surface area contributed by atoms with Gasteiger partial charge in [0.05, 0.1) is 25.3 Å². The highest BCUT2D eigenvalue weighted by atomic mass is 16.5. The Kier molecular flexibility index (Phi) is 7.64. The van der Waals surface area contributed by atoms with Gasteiger partial charge in [0.1, 0.15) is 5.58 Å². The van der Waals surface area contributed by atoms with E-state index in [1.165, 1.54) is 4.90 Å². The number of amides is 1. The number of fused-ring (bicyclic) bond motifs is 1. The minimum Gasteiger partial charge on any atom is -0.503 e. The molecule has 0 fully saturated rings. The van der Waals surface area contributed by atoms with Crippen molar-refractivity contribution in [2.45, 2.75) is 25.8 Å². The molecule has 36 heavy (non-hydrogen) atoms. The molecule has 1 atom stereocenters. The standard InChI is InChI=1S/C28H32N2O6/c1-5-6-15-35-21-12-11-19(17-22(21)34-4)25-24(27(32)28(33)30(25)14-13-29(2)3)26(31)23-16-18-9-7-8-10-20(18)36-23/h7-12,16-17,25,32H,5-6,13-15H2,1-4H3. The van der Waals surface area contributed by atoms with Crippen LogP contribution in [0.4, 0.5) is 0 Å². The number of carbonyl (C=O) groups excluding carboxylic acids is 2. The molecule has 1 amide bonds. The number of unbranched alkanes of at least 4 members (excludes halogenated alkanes) is 1. The van der Waals surface area contributed by atoms with Gasteiger partial charge in [-0.3, -0.25) is 9.59 Å². The zero-order valence-corrected chi connectivity index (χ0v) is 21.1. The van der Waals surface area contributed by atoms with Gasteiger partial charge in [-0.05, 0) is 50.3 Å². The van der Waals surface area contributed by atoms with E-state index in [4.69, 9.17) is 13.9 Å². The van der Waals surface area contributed by atoms with Crippen molar-refractivity contribution < 1.29 is 28.6 Å². The summed E-state index contributed by atoms with van der Waals surface area (Å²) in [6, 6.07) is 13.4. The number of methoxy groups -OCH3 is 1. The lowest BCUT2D eigenvalue weighted by atomic mass is 9.94. The first-order valence-corrected chi connectivity index (χ1v) is 12.1. The minimum absolute atomic E-state index is 0.0143. The number of ketones is 1. The number of hydrogen-bond acceptors (Lipinski definition) is 7. The van der Waals surface area contributed by atoms with E-state index in [0.29, 0.717) is 42.3 Å². The lowest BCUT2D eigenvalue weighted by molar-refractivity contribution is -0.129. The van der Waals surface area contributed by atoms with E-state index in [-0.39, 0.29) is 11.3 Å². The Morgan fingerprint density at radius 1 is 1.14 bits per heavy atom. The number of rotatable bonds is 11. The van der Waals surface area contributed by atoms with E-state index < -0.39 is 23.5 Å². The first kappa shape index (κ1) is 25.3. The van der Waals surface area contributed by atoms with Crippen LogP contribution in [0.1, 0.15) is 41.9 Å². The second-order valence-electron chi connectivity index (χ2n) is 9.06. The SMILES string of the molecule is CCCCOc1ccc(C2C(C(=O)c3cc4ccccc4o3)=C(O)C(=O)N2CCN(C)C)cc1OC. The highest BCUT2D eigenvalue weighted by Gasteiger charge is 2.44. The van der Waals surface area contributed by atoms with Crippen LogP contribution in [0.15, 0.2) is 64.3 Å². The third-order valence-electron chi connectivity index (χ3n) is 6.24. The first-order valence-electron chi connectivity index (χ1n) is 12.1. The summed E-state index contributed by atoms with van der Waals surface area (Å²) in [4.78, 5) is 30.3. The summed E-state index contributed by atoms with van der Waals surface area (Å²) in [5.41, 5.74) is 1.17. The molecular formula is C28H32N2O6. The third kappa shape index (κ3) is 4.95. The maximum atomic E-state index is 13.7. The summed E-state index contributed by atoms with van der Waals surface area (Å²) in [5, 5.41) is 11.7. The average Bonchev–Trinajstić information content (AvgIpc) is 3.42. The molecule has 190 valence electrons. The quantitative estimate of drug-likeness (QED) is 0.305. The van der Waals surface area contributed by atoms with E-state index in [9.17, 15) is 14.7 Å². The maximum absolute atomic E-state index is 13.7. The number of carbonyl (C=O) groups is 2. The molecule has 0 spiro atoms. The van der Waals surface area contributed by atoms with Crippen molar-refractivity contribution >= 4 is 22.7 Å². The van der Waals surface area contributed by atoms with Crippen LogP contribution in [0.2, 0.25) is 0 Å². The van der Waals surface area contributed by atoms with Crippen LogP contribution in [0.3, 0.4) is 0 Å². The zero-order chi connectivity index (χ0) is 25.8. The first-order chi connectivity index (χ1) is 17.3. The number of para-hydroxylation sites is 1. The number of aliphatic hydroxyl groups excluding tert-OH is 1. The van der Waals surface area contributed by atoms with Gasteiger partial charge in [0, 0.05) is 18.5 Å². The van der Waals surface area contributed by atoms with Crippen LogP contribution in [0.25, 0.3) is 11.0 Å². The number of Topliss-reactive ketones (excluding diaryl/α,β-unsaturated/α-hetero) is 1. The van der Waals surface area contributed by atoms with Crippen molar-refractivity contribution in [1.29, 1.82) is 0 Å². The van der Waals surface area contributed by atoms with Gasteiger partial charge >= 0.3 is 0 Å². The van der Waals surface area contributed by atoms with Crippen LogP contribution in [0.5, 0.6) is 11.5 Å². The Hall–Kier alpha value is -3.78. The monoisotopic (exact) mass is 492 g/mol. The second kappa shape index (κ2) is 10.9. The predicted octanol–water partition coefficient (Wildman–Crippen LogP) is 4.76. The molecular weight excluding hydrogens is 460 g/mol. The van der Waals surface area contributed by atoms with Crippen molar-refractivity contribution in [3.05, 3.63) is 71.2 Å². The van der Waals surface area contributed by atoms with E-state index >= 15 is 0 Å². The predicted molar refractivity (Wildman–Crippen MR) is 137 cm³/mol. The number of likely N-dealkylation sites (N-methyl/N-ethyl adjacent to an activating group) is 1. The summed E-state index contributed by atoms with van der Waals surface area (Å²) >= 11 is 0. The molecule has 1 unspecified atom stereocenters. The van der Waals surface area contributed by atoms with Gasteiger partial charge in [0.2, 0.25) is 5.78 Å². The molecule has 2 heterocycles. The summed E-state index contributed by atoms with van der Waals surface area (Å²) < 4.78 is 17.2. The molecule has 1 N–H and O–H groups in total. The van der Waals surface area contributed by atoms with Gasteiger partial charge in [0.25, 0.3) is 5.91 Å². The molecule has 8 heteroatoms. The molecule has 1 aliphatic heterocycles. The summed E-state index contributed by atoms with van der Waals surface area (Å²) in [5.74, 6) is -0.550. The van der Waals surface area contributed by atoms with Gasteiger partial charge in [-0.2, -0.15) is 0 Å². The number of aliphatic hydroxyl groups is 1. The summed E-state index contributed by atoms with van der Waals surface area (Å²) in [6.07, 6.45) is 1.91. The number of furan rings is 1. The fourth-order valence-corrected chi connectivity index (χ4v) is 4.30. The molecule has 0 bridgehead atoms. The molecule has 0 saturated heterocycles. The smallest absolute Gasteiger partial charge is 0.290 e. The third-order valence-corrected chi connectivity index (χ3v) is 6.24. The number of nitrogens with zero attached hydrogens (tertiary/aromatic N) is 2. The maximum Gasteiger partial charge on any atom is 0.290 e. The average molecular weight is 493 g/mol. The topological polar surface area (TPSA) is 92.5 Å². The van der Waals surface area contributed by atoms with Crippen molar-refractivity contribution in [3.63, 3.8) is 0 Å². The van der Waals surface area contributed by atoms with Gasteiger partial charge in [-0.1, -0.05) is 37.6 Å². The molecule has 2 aromatic carbocycles. The lowest BCUT2D eigenvalue weighted by Crippen LogP contribution is -2.36. The molecule has 0 radical (unpaired) electrons. The molecule has 3 aromatic rings. The van der Waals surface area contributed by atoms with E-state index in [1.807, 2.05) is 37.2 Å². The molecule has 1 aromatic heterocycles. The molecule has 1 aliphatic rings. The Balaban J connectivity index is 1.76. The Morgan fingerprint density at radius 3 is 2.61 bits per heavy atom. The van der Waals surface area contributed by atoms with Crippen LogP contribution >= 0.6 is 0 Å². The highest BCUT2D eigenvalue weighted by molar-refractivity contribution is 6.16. The van der Waals surface area contributed by atoms with E-state index in [0.717, 1.165) is 18.2 Å². The van der Waals surface area contributed by atoms with Gasteiger partial charge in [-0.25, -0.2) is 0 Å². The summed E-state index contributed by atoms with van der Waals surface area (Å²) in [7, 11) is 5.34. The largest absolute Gasteiger partial charge is 0.503 e. The molecule has 8 nitrogen and oxygen atoms in total. The van der Waals surface area contributed by atoms with Crippen molar-refractivity contribution in [2.24, 2.45) is 0 Å².